The number of nitrogens with zero attached hydrogens (tertiary/aromatic N) is 1. The average molecular weight is 272 g/mol. The standard InChI is InChI=1S/C16H20N2O2/c1-10(2)16(20)18(4)9-13-8-12-7-11(3)5-6-14(12)17-15(13)19/h5-8,10H,9H2,1-4H3,(H,17,19). The van der Waals surface area contributed by atoms with Crippen LogP contribution in [0.3, 0.4) is 0 Å². The largest absolute Gasteiger partial charge is 0.341 e. The van der Waals surface area contributed by atoms with Crippen molar-refractivity contribution in [1.82, 2.24) is 9.88 Å². The zero-order valence-electron chi connectivity index (χ0n) is 12.4. The molecule has 0 unspecified atom stereocenters. The van der Waals surface area contributed by atoms with E-state index in [1.165, 1.54) is 0 Å². The van der Waals surface area contributed by atoms with E-state index >= 15 is 0 Å². The molecular weight excluding hydrogens is 252 g/mol. The predicted octanol–water partition coefficient (Wildman–Crippen LogP) is 2.45. The summed E-state index contributed by atoms with van der Waals surface area (Å²) in [7, 11) is 1.72. The highest BCUT2D eigenvalue weighted by Crippen LogP contribution is 2.14. The van der Waals surface area contributed by atoms with E-state index in [0.29, 0.717) is 12.1 Å². The van der Waals surface area contributed by atoms with Crippen LogP contribution in [0.5, 0.6) is 0 Å². The number of H-pyrrole nitrogens is 1. The summed E-state index contributed by atoms with van der Waals surface area (Å²) >= 11 is 0. The maximum absolute atomic E-state index is 12.1. The van der Waals surface area contributed by atoms with Gasteiger partial charge in [-0.25, -0.2) is 0 Å². The van der Waals surface area contributed by atoms with Crippen LogP contribution in [0.2, 0.25) is 0 Å². The molecule has 106 valence electrons. The van der Waals surface area contributed by atoms with Crippen molar-refractivity contribution in [3.05, 3.63) is 45.7 Å². The highest BCUT2D eigenvalue weighted by molar-refractivity contribution is 5.80. The Morgan fingerprint density at radius 1 is 1.30 bits per heavy atom. The summed E-state index contributed by atoms with van der Waals surface area (Å²) in [6.07, 6.45) is 0. The smallest absolute Gasteiger partial charge is 0.253 e. The number of carbonyl (C=O) groups excluding carboxylic acids is 1. The Morgan fingerprint density at radius 2 is 2.00 bits per heavy atom. The Morgan fingerprint density at radius 3 is 2.65 bits per heavy atom. The average Bonchev–Trinajstić information content (AvgIpc) is 2.39. The number of carbonyl (C=O) groups is 1. The van der Waals surface area contributed by atoms with Gasteiger partial charge in [0.05, 0.1) is 6.54 Å². The fourth-order valence-electron chi connectivity index (χ4n) is 2.26. The summed E-state index contributed by atoms with van der Waals surface area (Å²) in [5, 5.41) is 0.991. The van der Waals surface area contributed by atoms with Crippen LogP contribution in [0.4, 0.5) is 0 Å². The zero-order valence-corrected chi connectivity index (χ0v) is 12.4. The van der Waals surface area contributed by atoms with Gasteiger partial charge in [0.2, 0.25) is 5.91 Å². The number of amides is 1. The van der Waals surface area contributed by atoms with Crippen molar-refractivity contribution in [2.45, 2.75) is 27.3 Å². The Kier molecular flexibility index (Phi) is 3.93. The second kappa shape index (κ2) is 5.49. The Labute approximate surface area is 118 Å². The molecule has 0 spiro atoms. The third-order valence-electron chi connectivity index (χ3n) is 3.35. The first-order valence-corrected chi connectivity index (χ1v) is 6.76. The first kappa shape index (κ1) is 14.3. The quantitative estimate of drug-likeness (QED) is 0.933. The molecule has 1 aromatic carbocycles. The molecule has 1 amide bonds. The molecule has 2 rings (SSSR count). The number of aromatic amines is 1. The Balaban J connectivity index is 2.37. The van der Waals surface area contributed by atoms with E-state index in [1.54, 1.807) is 11.9 Å². The number of nitrogens with one attached hydrogen (secondary N) is 1. The molecular formula is C16H20N2O2. The SMILES string of the molecule is Cc1ccc2[nH]c(=O)c(CN(C)C(=O)C(C)C)cc2c1. The minimum atomic E-state index is -0.134. The van der Waals surface area contributed by atoms with Crippen molar-refractivity contribution in [3.8, 4) is 0 Å². The van der Waals surface area contributed by atoms with Crippen molar-refractivity contribution in [1.29, 1.82) is 0 Å². The van der Waals surface area contributed by atoms with Gasteiger partial charge in [-0.3, -0.25) is 9.59 Å². The number of pyridine rings is 1. The van der Waals surface area contributed by atoms with Crippen molar-refractivity contribution >= 4 is 16.8 Å². The van der Waals surface area contributed by atoms with E-state index in [4.69, 9.17) is 0 Å². The van der Waals surface area contributed by atoms with Gasteiger partial charge < -0.3 is 9.88 Å². The fraction of sp³-hybridized carbons (Fsp3) is 0.375. The molecule has 1 aromatic heterocycles. The summed E-state index contributed by atoms with van der Waals surface area (Å²) in [4.78, 5) is 28.4. The van der Waals surface area contributed by atoms with Crippen molar-refractivity contribution < 1.29 is 4.79 Å². The molecule has 0 saturated heterocycles. The highest BCUT2D eigenvalue weighted by atomic mass is 16.2. The number of fused-ring (bicyclic) bond motifs is 1. The lowest BCUT2D eigenvalue weighted by Gasteiger charge is -2.19. The van der Waals surface area contributed by atoms with Crippen molar-refractivity contribution in [2.24, 2.45) is 5.92 Å². The van der Waals surface area contributed by atoms with E-state index in [9.17, 15) is 9.59 Å². The maximum Gasteiger partial charge on any atom is 0.253 e. The first-order valence-electron chi connectivity index (χ1n) is 6.76. The highest BCUT2D eigenvalue weighted by Gasteiger charge is 2.14. The normalized spacial score (nSPS) is 11.1. The van der Waals surface area contributed by atoms with Crippen LogP contribution in [-0.4, -0.2) is 22.8 Å². The van der Waals surface area contributed by atoms with Gasteiger partial charge in [0.25, 0.3) is 5.56 Å². The first-order chi connectivity index (χ1) is 9.38. The van der Waals surface area contributed by atoms with Gasteiger partial charge in [-0.15, -0.1) is 0 Å². The fourth-order valence-corrected chi connectivity index (χ4v) is 2.26. The molecule has 4 nitrogen and oxygen atoms in total. The van der Waals surface area contributed by atoms with Crippen LogP contribution in [0, 0.1) is 12.8 Å². The molecule has 0 saturated carbocycles. The van der Waals surface area contributed by atoms with Crippen molar-refractivity contribution in [3.63, 3.8) is 0 Å². The number of rotatable bonds is 3. The summed E-state index contributed by atoms with van der Waals surface area (Å²) in [6.45, 7) is 6.05. The minimum Gasteiger partial charge on any atom is -0.341 e. The number of hydrogen-bond acceptors (Lipinski definition) is 2. The van der Waals surface area contributed by atoms with E-state index in [0.717, 1.165) is 16.5 Å². The number of aromatic nitrogens is 1. The maximum atomic E-state index is 12.1. The topological polar surface area (TPSA) is 53.2 Å². The number of hydrogen-bond donors (Lipinski definition) is 1. The molecule has 0 bridgehead atoms. The Hall–Kier alpha value is -2.10. The Bertz CT molecular complexity index is 701. The van der Waals surface area contributed by atoms with Crippen LogP contribution >= 0.6 is 0 Å². The lowest BCUT2D eigenvalue weighted by atomic mass is 10.1. The molecule has 0 aliphatic carbocycles. The van der Waals surface area contributed by atoms with Crippen LogP contribution in [0.25, 0.3) is 10.9 Å². The van der Waals surface area contributed by atoms with Gasteiger partial charge in [0, 0.05) is 24.0 Å². The molecule has 0 aliphatic heterocycles. The summed E-state index contributed by atoms with van der Waals surface area (Å²) < 4.78 is 0. The number of benzene rings is 1. The molecule has 2 aromatic rings. The van der Waals surface area contributed by atoms with Gasteiger partial charge in [0.1, 0.15) is 0 Å². The van der Waals surface area contributed by atoms with Gasteiger partial charge >= 0.3 is 0 Å². The van der Waals surface area contributed by atoms with Crippen LogP contribution in [-0.2, 0) is 11.3 Å². The van der Waals surface area contributed by atoms with Crippen LogP contribution in [0.1, 0.15) is 25.0 Å². The molecule has 0 aliphatic rings. The molecule has 0 radical (unpaired) electrons. The van der Waals surface area contributed by atoms with Crippen molar-refractivity contribution in [2.75, 3.05) is 7.05 Å². The van der Waals surface area contributed by atoms with Crippen LogP contribution < -0.4 is 5.56 Å². The molecule has 20 heavy (non-hydrogen) atoms. The molecule has 1 N–H and O–H groups in total. The van der Waals surface area contributed by atoms with E-state index in [1.807, 2.05) is 45.0 Å². The molecule has 4 heteroatoms. The second-order valence-corrected chi connectivity index (χ2v) is 5.56. The molecule has 1 heterocycles. The third kappa shape index (κ3) is 2.90. The van der Waals surface area contributed by atoms with Crippen LogP contribution in [0.15, 0.2) is 29.1 Å². The third-order valence-corrected chi connectivity index (χ3v) is 3.35. The predicted molar refractivity (Wildman–Crippen MR) is 80.6 cm³/mol. The molecule has 0 fully saturated rings. The van der Waals surface area contributed by atoms with Gasteiger partial charge in [-0.2, -0.15) is 0 Å². The summed E-state index contributed by atoms with van der Waals surface area (Å²) in [6, 6.07) is 7.76. The van der Waals surface area contributed by atoms with E-state index < -0.39 is 0 Å². The molecule has 0 atom stereocenters. The second-order valence-electron chi connectivity index (χ2n) is 5.56. The zero-order chi connectivity index (χ0) is 14.9. The number of aryl methyl sites for hydroxylation is 1. The van der Waals surface area contributed by atoms with Gasteiger partial charge in [-0.1, -0.05) is 25.5 Å². The van der Waals surface area contributed by atoms with Gasteiger partial charge in [0.15, 0.2) is 0 Å². The minimum absolute atomic E-state index is 0.0359. The lowest BCUT2D eigenvalue weighted by molar-refractivity contribution is -0.133. The van der Waals surface area contributed by atoms with Gasteiger partial charge in [-0.05, 0) is 30.5 Å². The van der Waals surface area contributed by atoms with E-state index in [2.05, 4.69) is 4.98 Å². The summed E-state index contributed by atoms with van der Waals surface area (Å²) in [5.74, 6) is -0.0319. The van der Waals surface area contributed by atoms with E-state index in [-0.39, 0.29) is 17.4 Å². The monoisotopic (exact) mass is 272 g/mol. The summed E-state index contributed by atoms with van der Waals surface area (Å²) in [5.41, 5.74) is 2.44. The lowest BCUT2D eigenvalue weighted by Crippen LogP contribution is -2.32.